The van der Waals surface area contributed by atoms with Gasteiger partial charge in [-0.25, -0.2) is 4.99 Å². The summed E-state index contributed by atoms with van der Waals surface area (Å²) in [6.07, 6.45) is 0.627. The van der Waals surface area contributed by atoms with E-state index in [1.54, 1.807) is 6.92 Å². The first-order valence-electron chi connectivity index (χ1n) is 6.11. The fourth-order valence-corrected chi connectivity index (χ4v) is 1.55. The van der Waals surface area contributed by atoms with E-state index in [1.165, 1.54) is 0 Å². The van der Waals surface area contributed by atoms with Crippen LogP contribution in [0, 0.1) is 6.92 Å². The molecule has 0 unspecified atom stereocenters. The van der Waals surface area contributed by atoms with Crippen molar-refractivity contribution in [2.24, 2.45) is 10.7 Å². The Kier molecular flexibility index (Phi) is 4.49. The van der Waals surface area contributed by atoms with Crippen LogP contribution in [0.1, 0.15) is 17.3 Å². The highest BCUT2D eigenvalue weighted by Gasteiger charge is 2.01. The van der Waals surface area contributed by atoms with E-state index < -0.39 is 0 Å². The highest BCUT2D eigenvalue weighted by Crippen LogP contribution is 1.99. The molecule has 0 radical (unpaired) electrons. The molecule has 2 aromatic rings. The van der Waals surface area contributed by atoms with E-state index in [4.69, 9.17) is 10.3 Å². The third-order valence-corrected chi connectivity index (χ3v) is 2.49. The first-order valence-corrected chi connectivity index (χ1v) is 6.11. The largest absolute Gasteiger partial charge is 0.370 e. The Labute approximate surface area is 111 Å². The summed E-state index contributed by atoms with van der Waals surface area (Å²) in [6, 6.07) is 9.95. The summed E-state index contributed by atoms with van der Waals surface area (Å²) >= 11 is 0. The van der Waals surface area contributed by atoms with Crippen molar-refractivity contribution in [3.05, 3.63) is 47.6 Å². The van der Waals surface area contributed by atoms with Crippen LogP contribution >= 0.6 is 0 Å². The molecule has 6 nitrogen and oxygen atoms in total. The number of guanidine groups is 1. The van der Waals surface area contributed by atoms with Crippen molar-refractivity contribution in [2.45, 2.75) is 19.9 Å². The van der Waals surface area contributed by atoms with Gasteiger partial charge < -0.3 is 15.6 Å². The molecule has 0 fully saturated rings. The smallest absolute Gasteiger partial charge is 0.228 e. The molecule has 0 aliphatic carbocycles. The Hall–Kier alpha value is -2.37. The molecule has 0 atom stereocenters. The van der Waals surface area contributed by atoms with Crippen LogP contribution in [-0.2, 0) is 13.0 Å². The average molecular weight is 259 g/mol. The first kappa shape index (κ1) is 13.1. The topological polar surface area (TPSA) is 89.3 Å². The van der Waals surface area contributed by atoms with Gasteiger partial charge in [0.1, 0.15) is 0 Å². The Morgan fingerprint density at radius 3 is 2.84 bits per heavy atom. The summed E-state index contributed by atoms with van der Waals surface area (Å²) in [5.74, 6) is 1.65. The maximum absolute atomic E-state index is 5.76. The van der Waals surface area contributed by atoms with Crippen LogP contribution in [0.5, 0.6) is 0 Å². The van der Waals surface area contributed by atoms with Crippen molar-refractivity contribution < 1.29 is 4.52 Å². The zero-order chi connectivity index (χ0) is 13.5. The molecule has 1 heterocycles. The second-order valence-corrected chi connectivity index (χ2v) is 4.10. The number of hydrogen-bond donors (Lipinski definition) is 2. The molecule has 0 aliphatic heterocycles. The third-order valence-electron chi connectivity index (χ3n) is 2.49. The molecule has 0 aliphatic rings. The van der Waals surface area contributed by atoms with Crippen molar-refractivity contribution in [2.75, 3.05) is 6.54 Å². The van der Waals surface area contributed by atoms with Crippen molar-refractivity contribution in [3.63, 3.8) is 0 Å². The molecule has 0 saturated heterocycles. The van der Waals surface area contributed by atoms with Gasteiger partial charge in [0.25, 0.3) is 0 Å². The molecule has 0 spiro atoms. The number of nitrogens with one attached hydrogen (secondary N) is 1. The number of aromatic nitrogens is 2. The number of nitrogens with two attached hydrogens (primary N) is 1. The van der Waals surface area contributed by atoms with Gasteiger partial charge >= 0.3 is 0 Å². The SMILES string of the molecule is Cc1noc(CCNC(N)=NCc2ccccc2)n1. The van der Waals surface area contributed by atoms with Crippen LogP contribution in [-0.4, -0.2) is 22.6 Å². The van der Waals surface area contributed by atoms with E-state index in [-0.39, 0.29) is 0 Å². The number of nitrogens with zero attached hydrogens (tertiary/aromatic N) is 3. The fraction of sp³-hybridized carbons (Fsp3) is 0.308. The Balaban J connectivity index is 1.73. The fourth-order valence-electron chi connectivity index (χ4n) is 1.55. The van der Waals surface area contributed by atoms with Crippen LogP contribution in [0.15, 0.2) is 39.8 Å². The molecule has 0 bridgehead atoms. The lowest BCUT2D eigenvalue weighted by atomic mass is 10.2. The highest BCUT2D eigenvalue weighted by atomic mass is 16.5. The minimum Gasteiger partial charge on any atom is -0.370 e. The summed E-state index contributed by atoms with van der Waals surface area (Å²) in [7, 11) is 0. The van der Waals surface area contributed by atoms with Gasteiger partial charge in [-0.15, -0.1) is 0 Å². The molecule has 1 aromatic carbocycles. The molecular formula is C13H17N5O. The maximum atomic E-state index is 5.76. The Morgan fingerprint density at radius 1 is 1.37 bits per heavy atom. The molecule has 2 rings (SSSR count). The predicted octanol–water partition coefficient (Wildman–Crippen LogP) is 1.03. The van der Waals surface area contributed by atoms with Crippen LogP contribution in [0.2, 0.25) is 0 Å². The first-order chi connectivity index (χ1) is 9.24. The van der Waals surface area contributed by atoms with Crippen molar-refractivity contribution in [1.82, 2.24) is 15.5 Å². The summed E-state index contributed by atoms with van der Waals surface area (Å²) in [6.45, 7) is 2.97. The van der Waals surface area contributed by atoms with E-state index in [0.29, 0.717) is 37.2 Å². The molecule has 19 heavy (non-hydrogen) atoms. The summed E-state index contributed by atoms with van der Waals surface area (Å²) in [5.41, 5.74) is 6.89. The van der Waals surface area contributed by atoms with E-state index >= 15 is 0 Å². The van der Waals surface area contributed by atoms with E-state index in [2.05, 4.69) is 20.4 Å². The van der Waals surface area contributed by atoms with Gasteiger partial charge in [0.15, 0.2) is 11.8 Å². The van der Waals surface area contributed by atoms with Gasteiger partial charge in [-0.05, 0) is 12.5 Å². The Morgan fingerprint density at radius 2 is 2.16 bits per heavy atom. The van der Waals surface area contributed by atoms with Gasteiger partial charge in [0.2, 0.25) is 5.89 Å². The van der Waals surface area contributed by atoms with Crippen molar-refractivity contribution in [1.29, 1.82) is 0 Å². The normalized spacial score (nSPS) is 11.5. The van der Waals surface area contributed by atoms with Gasteiger partial charge in [0.05, 0.1) is 6.54 Å². The van der Waals surface area contributed by atoms with Crippen LogP contribution in [0.25, 0.3) is 0 Å². The van der Waals surface area contributed by atoms with Crippen LogP contribution in [0.3, 0.4) is 0 Å². The van der Waals surface area contributed by atoms with E-state index in [0.717, 1.165) is 5.56 Å². The minimum atomic E-state index is 0.417. The molecule has 0 amide bonds. The minimum absolute atomic E-state index is 0.417. The van der Waals surface area contributed by atoms with Gasteiger partial charge in [0, 0.05) is 13.0 Å². The predicted molar refractivity (Wildman–Crippen MR) is 72.5 cm³/mol. The highest BCUT2D eigenvalue weighted by molar-refractivity contribution is 5.77. The molecule has 100 valence electrons. The zero-order valence-corrected chi connectivity index (χ0v) is 10.8. The molecule has 1 aromatic heterocycles. The van der Waals surface area contributed by atoms with Gasteiger partial charge in [-0.2, -0.15) is 4.98 Å². The summed E-state index contributed by atoms with van der Waals surface area (Å²) < 4.78 is 4.99. The third kappa shape index (κ3) is 4.42. The Bertz CT molecular complexity index is 535. The monoisotopic (exact) mass is 259 g/mol. The van der Waals surface area contributed by atoms with Crippen molar-refractivity contribution in [3.8, 4) is 0 Å². The van der Waals surface area contributed by atoms with E-state index in [1.807, 2.05) is 30.3 Å². The lowest BCUT2D eigenvalue weighted by Crippen LogP contribution is -2.33. The van der Waals surface area contributed by atoms with Gasteiger partial charge in [-0.1, -0.05) is 35.5 Å². The molecule has 3 N–H and O–H groups in total. The molecule has 0 saturated carbocycles. The lowest BCUT2D eigenvalue weighted by Gasteiger charge is -2.03. The average Bonchev–Trinajstić information content (AvgIpc) is 2.83. The standard InChI is InChI=1S/C13H17N5O/c1-10-17-12(19-18-10)7-8-15-13(14)16-9-11-5-3-2-4-6-11/h2-6H,7-9H2,1H3,(H3,14,15,16). The maximum Gasteiger partial charge on any atom is 0.228 e. The number of aryl methyl sites for hydroxylation is 1. The number of rotatable bonds is 5. The van der Waals surface area contributed by atoms with Crippen LogP contribution in [0.4, 0.5) is 0 Å². The second-order valence-electron chi connectivity index (χ2n) is 4.10. The quantitative estimate of drug-likeness (QED) is 0.618. The number of benzene rings is 1. The summed E-state index contributed by atoms with van der Waals surface area (Å²) in [4.78, 5) is 8.35. The van der Waals surface area contributed by atoms with E-state index in [9.17, 15) is 0 Å². The molecule has 6 heteroatoms. The number of aliphatic imine (C=N–C) groups is 1. The second kappa shape index (κ2) is 6.53. The van der Waals surface area contributed by atoms with Crippen molar-refractivity contribution >= 4 is 5.96 Å². The number of hydrogen-bond acceptors (Lipinski definition) is 4. The summed E-state index contributed by atoms with van der Waals surface area (Å²) in [5, 5.41) is 6.73. The lowest BCUT2D eigenvalue weighted by molar-refractivity contribution is 0.374. The van der Waals surface area contributed by atoms with Crippen LogP contribution < -0.4 is 11.1 Å². The van der Waals surface area contributed by atoms with Gasteiger partial charge in [-0.3, -0.25) is 0 Å². The molecular weight excluding hydrogens is 242 g/mol. The zero-order valence-electron chi connectivity index (χ0n) is 10.8.